The largest absolute Gasteiger partial charge is 0.495 e. The molecule has 0 aliphatic heterocycles. The predicted octanol–water partition coefficient (Wildman–Crippen LogP) is 5.91. The lowest BCUT2D eigenvalue weighted by molar-refractivity contribution is 0.140. The maximum atomic E-state index is 12.7. The lowest BCUT2D eigenvalue weighted by atomic mass is 10.00. The van der Waals surface area contributed by atoms with Gasteiger partial charge in [0.15, 0.2) is 5.82 Å². The monoisotopic (exact) mass is 539 g/mol. The van der Waals surface area contributed by atoms with Crippen LogP contribution in [-0.2, 0) is 12.8 Å². The van der Waals surface area contributed by atoms with Crippen LogP contribution in [0.5, 0.6) is 5.75 Å². The minimum atomic E-state index is -2.37. The molecule has 0 radical (unpaired) electrons. The summed E-state index contributed by atoms with van der Waals surface area (Å²) < 4.78 is 32.9. The summed E-state index contributed by atoms with van der Waals surface area (Å²) >= 11 is 6.47. The van der Waals surface area contributed by atoms with Crippen molar-refractivity contribution in [3.8, 4) is 11.4 Å². The maximum absolute atomic E-state index is 12.7. The normalized spacial score (nSPS) is 15.1. The molecule has 2 heterocycles. The van der Waals surface area contributed by atoms with E-state index in [0.29, 0.717) is 29.0 Å². The fourth-order valence-corrected chi connectivity index (χ4v) is 4.83. The fourth-order valence-electron chi connectivity index (χ4n) is 4.69. The predicted molar refractivity (Wildman–Crippen MR) is 145 cm³/mol. The Morgan fingerprint density at radius 2 is 1.95 bits per heavy atom. The van der Waals surface area contributed by atoms with Crippen LogP contribution in [0.15, 0.2) is 61.1 Å². The molecule has 1 unspecified atom stereocenters. The van der Waals surface area contributed by atoms with Gasteiger partial charge in [-0.15, -0.1) is 0 Å². The van der Waals surface area contributed by atoms with Crippen molar-refractivity contribution in [2.75, 3.05) is 24.3 Å². The molecule has 198 valence electrons. The summed E-state index contributed by atoms with van der Waals surface area (Å²) in [4.78, 5) is 9.05. The third kappa shape index (κ3) is 5.87. The first-order chi connectivity index (χ1) is 18.5. The van der Waals surface area contributed by atoms with Gasteiger partial charge in [0.05, 0.1) is 36.9 Å². The molecular formula is C27H28ClF2N7O. The van der Waals surface area contributed by atoms with Crippen molar-refractivity contribution in [2.45, 2.75) is 38.2 Å². The molecule has 2 aromatic heterocycles. The van der Waals surface area contributed by atoms with E-state index in [9.17, 15) is 8.78 Å². The smallest absolute Gasteiger partial charge is 0.250 e. The van der Waals surface area contributed by atoms with Crippen LogP contribution in [0.2, 0.25) is 5.02 Å². The number of aromatic nitrogens is 4. The van der Waals surface area contributed by atoms with Gasteiger partial charge >= 0.3 is 0 Å². The summed E-state index contributed by atoms with van der Waals surface area (Å²) in [5, 5.41) is 14.3. The lowest BCUT2D eigenvalue weighted by Crippen LogP contribution is -2.33. The van der Waals surface area contributed by atoms with E-state index in [0.717, 1.165) is 47.5 Å². The van der Waals surface area contributed by atoms with Crippen LogP contribution >= 0.6 is 11.6 Å². The van der Waals surface area contributed by atoms with Gasteiger partial charge in [0.2, 0.25) is 5.95 Å². The fraction of sp³-hybridized carbons (Fsp3) is 0.296. The molecule has 11 heteroatoms. The second-order valence-corrected chi connectivity index (χ2v) is 9.37. The number of fused-ring (bicyclic) bond motifs is 1. The number of nitrogens with zero attached hydrogens (tertiary/aromatic N) is 4. The van der Waals surface area contributed by atoms with Crippen molar-refractivity contribution >= 4 is 34.7 Å². The van der Waals surface area contributed by atoms with Gasteiger partial charge in [0.1, 0.15) is 10.8 Å². The topological polar surface area (TPSA) is 88.9 Å². The molecule has 0 bridgehead atoms. The third-order valence-electron chi connectivity index (χ3n) is 6.55. The highest BCUT2D eigenvalue weighted by Gasteiger charge is 2.22. The molecule has 38 heavy (non-hydrogen) atoms. The molecule has 2 aromatic carbocycles. The molecule has 0 saturated carbocycles. The van der Waals surface area contributed by atoms with Crippen LogP contribution in [0.3, 0.4) is 0 Å². The summed E-state index contributed by atoms with van der Waals surface area (Å²) in [6.07, 6.45) is 5.73. The van der Waals surface area contributed by atoms with Gasteiger partial charge < -0.3 is 20.7 Å². The van der Waals surface area contributed by atoms with Gasteiger partial charge in [-0.2, -0.15) is 10.1 Å². The van der Waals surface area contributed by atoms with Gasteiger partial charge in [-0.3, -0.25) is 0 Å². The highest BCUT2D eigenvalue weighted by atomic mass is 35.5. The number of para-hydroxylation sites is 2. The van der Waals surface area contributed by atoms with Crippen LogP contribution < -0.4 is 20.7 Å². The molecular weight excluding hydrogens is 512 g/mol. The molecule has 0 fully saturated rings. The maximum Gasteiger partial charge on any atom is 0.250 e. The second kappa shape index (κ2) is 11.7. The summed E-state index contributed by atoms with van der Waals surface area (Å²) in [7, 11) is 1.61. The summed E-state index contributed by atoms with van der Waals surface area (Å²) in [6.45, 7) is -0.298. The van der Waals surface area contributed by atoms with E-state index in [1.807, 2.05) is 48.7 Å². The number of halogens is 3. The number of ether oxygens (including phenoxy) is 1. The minimum Gasteiger partial charge on any atom is -0.495 e. The first-order valence-electron chi connectivity index (χ1n) is 12.4. The zero-order valence-electron chi connectivity index (χ0n) is 20.8. The van der Waals surface area contributed by atoms with E-state index < -0.39 is 6.43 Å². The van der Waals surface area contributed by atoms with Crippen molar-refractivity contribution in [2.24, 2.45) is 0 Å². The van der Waals surface area contributed by atoms with Crippen molar-refractivity contribution < 1.29 is 13.5 Å². The van der Waals surface area contributed by atoms with Gasteiger partial charge in [0, 0.05) is 18.4 Å². The zero-order chi connectivity index (χ0) is 26.5. The van der Waals surface area contributed by atoms with Gasteiger partial charge in [-0.25, -0.2) is 18.4 Å². The van der Waals surface area contributed by atoms with Crippen LogP contribution in [-0.4, -0.2) is 45.9 Å². The molecule has 1 aliphatic carbocycles. The Kier molecular flexibility index (Phi) is 8.00. The number of rotatable bonds is 9. The lowest BCUT2D eigenvalue weighted by Gasteiger charge is -2.18. The van der Waals surface area contributed by atoms with E-state index in [2.05, 4.69) is 31.0 Å². The minimum absolute atomic E-state index is 0.0210. The van der Waals surface area contributed by atoms with Crippen LogP contribution in [0.25, 0.3) is 5.69 Å². The number of anilines is 4. The van der Waals surface area contributed by atoms with E-state index in [1.54, 1.807) is 18.0 Å². The average molecular weight is 540 g/mol. The highest BCUT2D eigenvalue weighted by Crippen LogP contribution is 2.37. The van der Waals surface area contributed by atoms with Crippen molar-refractivity contribution in [3.05, 3.63) is 77.2 Å². The first kappa shape index (κ1) is 25.9. The Hall–Kier alpha value is -3.76. The molecule has 3 N–H and O–H groups in total. The quantitative estimate of drug-likeness (QED) is 0.228. The molecule has 8 nitrogen and oxygen atoms in total. The Labute approximate surface area is 224 Å². The first-order valence-corrected chi connectivity index (χ1v) is 12.8. The van der Waals surface area contributed by atoms with E-state index in [4.69, 9.17) is 16.3 Å². The number of hydrogen-bond acceptors (Lipinski definition) is 7. The van der Waals surface area contributed by atoms with Crippen LogP contribution in [0, 0.1) is 0 Å². The average Bonchev–Trinajstić information content (AvgIpc) is 3.37. The van der Waals surface area contributed by atoms with Crippen LogP contribution in [0.1, 0.15) is 24.0 Å². The number of nitrogens with one attached hydrogen (secondary N) is 3. The zero-order valence-corrected chi connectivity index (χ0v) is 21.6. The summed E-state index contributed by atoms with van der Waals surface area (Å²) in [5.74, 6) is 1.43. The van der Waals surface area contributed by atoms with Crippen molar-refractivity contribution in [3.63, 3.8) is 0 Å². The molecule has 1 atom stereocenters. The second-order valence-electron chi connectivity index (χ2n) is 8.96. The standard InChI is InChI=1S/C27H28ClF2N7O/c1-38-23-12-8-17-7-9-18(31-16-24(29)30)10-11-19(17)25(23)35-27-32-15-20(28)26(36-27)34-21-5-2-3-6-22(21)37-14-4-13-33-37/h2-6,8,12-15,18,24,31H,7,9-11,16H2,1H3,(H2,32,34,35,36). The number of alkyl halides is 2. The number of benzene rings is 2. The van der Waals surface area contributed by atoms with Crippen molar-refractivity contribution in [1.29, 1.82) is 0 Å². The Morgan fingerprint density at radius 3 is 2.74 bits per heavy atom. The van der Waals surface area contributed by atoms with E-state index in [1.165, 1.54) is 6.20 Å². The van der Waals surface area contributed by atoms with Crippen molar-refractivity contribution in [1.82, 2.24) is 25.1 Å². The molecule has 0 spiro atoms. The van der Waals surface area contributed by atoms with Gasteiger partial charge in [-0.1, -0.05) is 29.8 Å². The summed E-state index contributed by atoms with van der Waals surface area (Å²) in [5.41, 5.74) is 4.60. The number of methoxy groups -OCH3 is 1. The molecule has 4 aromatic rings. The number of aryl methyl sites for hydroxylation is 1. The Bertz CT molecular complexity index is 1380. The van der Waals surface area contributed by atoms with Gasteiger partial charge in [0.25, 0.3) is 6.43 Å². The molecule has 0 saturated heterocycles. The Balaban J connectivity index is 1.41. The highest BCUT2D eigenvalue weighted by molar-refractivity contribution is 6.33. The number of hydrogen-bond donors (Lipinski definition) is 3. The summed E-state index contributed by atoms with van der Waals surface area (Å²) in [6, 6.07) is 13.5. The van der Waals surface area contributed by atoms with Crippen LogP contribution in [0.4, 0.5) is 31.9 Å². The Morgan fingerprint density at radius 1 is 1.11 bits per heavy atom. The van der Waals surface area contributed by atoms with Gasteiger partial charge in [-0.05, 0) is 61.1 Å². The molecule has 5 rings (SSSR count). The SMILES string of the molecule is COc1ccc2c(c1Nc1ncc(Cl)c(Nc3ccccc3-n3cccn3)n1)CCC(NCC(F)F)CC2. The van der Waals surface area contributed by atoms with E-state index >= 15 is 0 Å². The molecule has 0 amide bonds. The third-order valence-corrected chi connectivity index (χ3v) is 6.82. The van der Waals surface area contributed by atoms with E-state index in [-0.39, 0.29) is 12.6 Å². The molecule has 1 aliphatic rings.